The van der Waals surface area contributed by atoms with Crippen LogP contribution < -0.4 is 11.1 Å². The lowest BCUT2D eigenvalue weighted by Gasteiger charge is -2.49. The Morgan fingerprint density at radius 2 is 1.32 bits per heavy atom. The molecule has 4 rings (SSSR count). The Kier molecular flexibility index (Phi) is 16.1. The Labute approximate surface area is 289 Å². The van der Waals surface area contributed by atoms with Crippen molar-refractivity contribution in [2.24, 2.45) is 5.73 Å². The van der Waals surface area contributed by atoms with Crippen molar-refractivity contribution >= 4 is 5.91 Å². The summed E-state index contributed by atoms with van der Waals surface area (Å²) in [6.45, 7) is -0.208. The van der Waals surface area contributed by atoms with Gasteiger partial charge >= 0.3 is 0 Å². The summed E-state index contributed by atoms with van der Waals surface area (Å²) in [4.78, 5) is 12.3. The Balaban J connectivity index is 1.57. The van der Waals surface area contributed by atoms with E-state index < -0.39 is 118 Å². The molecule has 0 bridgehead atoms. The van der Waals surface area contributed by atoms with Gasteiger partial charge in [0.25, 0.3) is 0 Å². The van der Waals surface area contributed by atoms with E-state index in [1.807, 2.05) is 30.3 Å². The van der Waals surface area contributed by atoms with Crippen LogP contribution in [-0.2, 0) is 44.6 Å². The van der Waals surface area contributed by atoms with E-state index >= 15 is 0 Å². The predicted octanol–water partition coefficient (Wildman–Crippen LogP) is -4.05. The van der Waals surface area contributed by atoms with Crippen LogP contribution >= 0.6 is 0 Å². The molecule has 0 spiro atoms. The van der Waals surface area contributed by atoms with Crippen molar-refractivity contribution in [1.29, 1.82) is 0 Å². The Morgan fingerprint density at radius 3 is 1.96 bits per heavy atom. The molecule has 0 aliphatic carbocycles. The number of benzene rings is 1. The van der Waals surface area contributed by atoms with Gasteiger partial charge in [0, 0.05) is 13.5 Å². The summed E-state index contributed by atoms with van der Waals surface area (Å²) in [5.74, 6) is -0.626. The van der Waals surface area contributed by atoms with Crippen LogP contribution in [0, 0.1) is 0 Å². The van der Waals surface area contributed by atoms with E-state index in [1.165, 1.54) is 6.92 Å². The monoisotopic (exact) mass is 720 g/mol. The van der Waals surface area contributed by atoms with Crippen LogP contribution in [0.2, 0.25) is 0 Å². The molecule has 15 atom stereocenters. The molecule has 1 aromatic carbocycles. The van der Waals surface area contributed by atoms with Crippen molar-refractivity contribution in [3.63, 3.8) is 0 Å². The second-order valence-electron chi connectivity index (χ2n) is 12.5. The first-order chi connectivity index (χ1) is 24.0. The van der Waals surface area contributed by atoms with E-state index in [1.54, 1.807) is 0 Å². The summed E-state index contributed by atoms with van der Waals surface area (Å²) < 4.78 is 41.3. The molecule has 0 saturated carbocycles. The van der Waals surface area contributed by atoms with Crippen molar-refractivity contribution in [3.8, 4) is 0 Å². The van der Waals surface area contributed by atoms with Crippen LogP contribution in [0.5, 0.6) is 0 Å². The lowest BCUT2D eigenvalue weighted by Crippen LogP contribution is -2.69. The van der Waals surface area contributed by atoms with Crippen LogP contribution in [0.15, 0.2) is 30.3 Å². The molecular weight excluding hydrogens is 668 g/mol. The molecule has 18 heteroatoms. The van der Waals surface area contributed by atoms with E-state index in [0.29, 0.717) is 13.0 Å². The minimum Gasteiger partial charge on any atom is -0.394 e. The summed E-state index contributed by atoms with van der Waals surface area (Å²) in [6, 6.07) is 7.65. The molecule has 286 valence electrons. The zero-order chi connectivity index (χ0) is 36.4. The molecule has 0 aromatic heterocycles. The van der Waals surface area contributed by atoms with Gasteiger partial charge in [0.1, 0.15) is 73.2 Å². The zero-order valence-electron chi connectivity index (χ0n) is 27.8. The topological polar surface area (TPSA) is 282 Å². The highest BCUT2D eigenvalue weighted by Gasteiger charge is 2.54. The highest BCUT2D eigenvalue weighted by molar-refractivity contribution is 5.73. The third-order valence-electron chi connectivity index (χ3n) is 8.86. The number of aliphatic hydroxyl groups excluding tert-OH is 8. The third kappa shape index (κ3) is 10.1. The van der Waals surface area contributed by atoms with Gasteiger partial charge in [-0.05, 0) is 31.4 Å². The summed E-state index contributed by atoms with van der Waals surface area (Å²) in [5.41, 5.74) is 6.33. The van der Waals surface area contributed by atoms with E-state index in [2.05, 4.69) is 5.32 Å². The Morgan fingerprint density at radius 1 is 0.700 bits per heavy atom. The van der Waals surface area contributed by atoms with Gasteiger partial charge in [0.05, 0.1) is 26.4 Å². The maximum Gasteiger partial charge on any atom is 0.217 e. The predicted molar refractivity (Wildman–Crippen MR) is 169 cm³/mol. The third-order valence-corrected chi connectivity index (χ3v) is 8.86. The zero-order valence-corrected chi connectivity index (χ0v) is 27.8. The maximum atomic E-state index is 12.3. The van der Waals surface area contributed by atoms with Crippen molar-refractivity contribution in [1.82, 2.24) is 5.32 Å². The quantitative estimate of drug-likeness (QED) is 0.0686. The number of carbonyl (C=O) groups excluding carboxylic acids is 1. The molecule has 0 radical (unpaired) electrons. The maximum absolute atomic E-state index is 12.3. The van der Waals surface area contributed by atoms with Gasteiger partial charge in [-0.25, -0.2) is 0 Å². The summed E-state index contributed by atoms with van der Waals surface area (Å²) >= 11 is 0. The number of unbranched alkanes of at least 4 members (excludes halogenated alkanes) is 2. The van der Waals surface area contributed by atoms with E-state index in [4.69, 9.17) is 38.9 Å². The van der Waals surface area contributed by atoms with Gasteiger partial charge in [-0.1, -0.05) is 30.3 Å². The van der Waals surface area contributed by atoms with Crippen LogP contribution in [0.4, 0.5) is 0 Å². The van der Waals surface area contributed by atoms with Gasteiger partial charge in [0.15, 0.2) is 18.9 Å². The highest BCUT2D eigenvalue weighted by Crippen LogP contribution is 2.34. The van der Waals surface area contributed by atoms with Gasteiger partial charge in [-0.15, -0.1) is 0 Å². The summed E-state index contributed by atoms with van der Waals surface area (Å²) in [6.07, 6.45) is -18.6. The summed E-state index contributed by atoms with van der Waals surface area (Å²) in [7, 11) is 0. The summed E-state index contributed by atoms with van der Waals surface area (Å²) in [5, 5.41) is 86.7. The first kappa shape index (κ1) is 40.8. The lowest BCUT2D eigenvalue weighted by atomic mass is 9.94. The van der Waals surface area contributed by atoms with Crippen LogP contribution in [0.25, 0.3) is 0 Å². The first-order valence-corrected chi connectivity index (χ1v) is 16.8. The normalized spacial score (nSPS) is 39.3. The molecule has 0 unspecified atom stereocenters. The van der Waals surface area contributed by atoms with Gasteiger partial charge in [-0.2, -0.15) is 0 Å². The van der Waals surface area contributed by atoms with Crippen LogP contribution in [-0.4, -0.2) is 172 Å². The molecule has 18 nitrogen and oxygen atoms in total. The highest BCUT2D eigenvalue weighted by atomic mass is 16.8. The molecule has 3 aliphatic rings. The molecular formula is C32H52N2O16. The van der Waals surface area contributed by atoms with Crippen molar-refractivity contribution in [3.05, 3.63) is 35.9 Å². The minimum atomic E-state index is -1.84. The molecule has 3 fully saturated rings. The van der Waals surface area contributed by atoms with Crippen molar-refractivity contribution < 1.29 is 78.8 Å². The fourth-order valence-electron chi connectivity index (χ4n) is 6.15. The number of aliphatic hydroxyl groups is 8. The smallest absolute Gasteiger partial charge is 0.217 e. The van der Waals surface area contributed by atoms with Crippen LogP contribution in [0.1, 0.15) is 31.7 Å². The first-order valence-electron chi connectivity index (χ1n) is 16.8. The fraction of sp³-hybridized carbons (Fsp3) is 0.781. The largest absolute Gasteiger partial charge is 0.394 e. The standard InChI is InChI=1S/C32H52N2O16/c1-16(38)34-21-23(40)27(49-32-25(42)24(41)22(39)18(12-35)46-32)19(13-36)47-30(21)50-28-20(14-37)48-31(44-11-7-3-6-10-33)26(43)29(28)45-15-17-8-4-2-5-9-17/h2,4-5,8-9,18-32,35-37,39-43H,3,6-7,10-15,33H2,1H3,(H,34,38)/t18-,19-,20-,21-,22-,23-,24+,25-,26+,27+,28-,29-,30+,31+,32-/m1/s1. The van der Waals surface area contributed by atoms with Crippen molar-refractivity contribution in [2.45, 2.75) is 125 Å². The molecule has 3 aliphatic heterocycles. The van der Waals surface area contributed by atoms with E-state index in [-0.39, 0.29) is 13.2 Å². The SMILES string of the molecule is CC(=O)N[C@H]1[C@H](O[C@H]2[C@H](OCc3ccccc3)[C@H](O)[C@@H](OCCCCCN)O[C@@H]2CO)O[C@H](CO)[C@H](O[C@H]2O[C@H](CO)[C@@H](O)[C@H](O)[C@H]2O)[C@@H]1O. The average Bonchev–Trinajstić information content (AvgIpc) is 3.11. The van der Waals surface area contributed by atoms with Gasteiger partial charge < -0.3 is 85.1 Å². The van der Waals surface area contributed by atoms with E-state index in [0.717, 1.165) is 18.4 Å². The van der Waals surface area contributed by atoms with Gasteiger partial charge in [0.2, 0.25) is 5.91 Å². The molecule has 1 amide bonds. The number of nitrogens with one attached hydrogen (secondary N) is 1. The number of amides is 1. The Hall–Kier alpha value is -1.95. The second-order valence-corrected chi connectivity index (χ2v) is 12.5. The number of ether oxygens (including phenoxy) is 7. The van der Waals surface area contributed by atoms with E-state index in [9.17, 15) is 45.6 Å². The molecule has 11 N–H and O–H groups in total. The van der Waals surface area contributed by atoms with Crippen molar-refractivity contribution in [2.75, 3.05) is 33.0 Å². The molecule has 3 heterocycles. The van der Waals surface area contributed by atoms with Gasteiger partial charge in [-0.3, -0.25) is 4.79 Å². The van der Waals surface area contributed by atoms with Crippen LogP contribution in [0.3, 0.4) is 0 Å². The number of hydrogen-bond donors (Lipinski definition) is 10. The molecule has 50 heavy (non-hydrogen) atoms. The number of carbonyl (C=O) groups is 1. The number of rotatable bonds is 17. The average molecular weight is 721 g/mol. The molecule has 1 aromatic rings. The minimum absolute atomic E-state index is 0.0152. The molecule has 3 saturated heterocycles. The Bertz CT molecular complexity index is 1140. The number of nitrogens with two attached hydrogens (primary N) is 1. The lowest BCUT2D eigenvalue weighted by molar-refractivity contribution is -0.369. The number of hydrogen-bond acceptors (Lipinski definition) is 17. The second kappa shape index (κ2) is 19.8. The fourth-order valence-corrected chi connectivity index (χ4v) is 6.15.